The Morgan fingerprint density at radius 1 is 1.39 bits per heavy atom. The molecule has 2 N–H and O–H groups in total. The average Bonchev–Trinajstić information content (AvgIpc) is 2.73. The molecule has 0 bridgehead atoms. The van der Waals surface area contributed by atoms with Crippen LogP contribution in [-0.2, 0) is 4.74 Å². The fourth-order valence-electron chi connectivity index (χ4n) is 1.57. The first-order chi connectivity index (χ1) is 8.63. The van der Waals surface area contributed by atoms with Crippen molar-refractivity contribution in [3.05, 3.63) is 40.3 Å². The highest BCUT2D eigenvalue weighted by atomic mass is 32.1. The van der Waals surface area contributed by atoms with Crippen molar-refractivity contribution in [2.75, 3.05) is 12.3 Å². The number of benzene rings is 1. The van der Waals surface area contributed by atoms with Crippen LogP contribution in [0.4, 0.5) is 10.1 Å². The Labute approximate surface area is 108 Å². The number of carbonyl (C=O) groups is 1. The monoisotopic (exact) mass is 265 g/mol. The predicted molar refractivity (Wildman–Crippen MR) is 70.1 cm³/mol. The van der Waals surface area contributed by atoms with E-state index in [9.17, 15) is 9.18 Å². The van der Waals surface area contributed by atoms with Gasteiger partial charge in [-0.15, -0.1) is 11.3 Å². The summed E-state index contributed by atoms with van der Waals surface area (Å²) in [5.74, 6) is -0.730. The first kappa shape index (κ1) is 12.6. The number of nitrogen functional groups attached to an aromatic ring is 1. The molecule has 18 heavy (non-hydrogen) atoms. The fraction of sp³-hybridized carbons (Fsp3) is 0.154. The number of carbonyl (C=O) groups excluding carboxylic acids is 1. The van der Waals surface area contributed by atoms with Crippen LogP contribution in [0.1, 0.15) is 16.6 Å². The molecule has 0 saturated heterocycles. The third-order valence-corrected chi connectivity index (χ3v) is 3.42. The molecule has 0 atom stereocenters. The number of halogens is 1. The third-order valence-electron chi connectivity index (χ3n) is 2.45. The van der Waals surface area contributed by atoms with Gasteiger partial charge in [0.05, 0.1) is 12.3 Å². The number of hydrogen-bond acceptors (Lipinski definition) is 4. The number of rotatable bonds is 3. The van der Waals surface area contributed by atoms with Crippen LogP contribution in [-0.4, -0.2) is 12.6 Å². The second-order valence-corrected chi connectivity index (χ2v) is 4.50. The second-order valence-electron chi connectivity index (χ2n) is 3.62. The minimum Gasteiger partial charge on any atom is -0.462 e. The lowest BCUT2D eigenvalue weighted by molar-refractivity contribution is 0.0533. The zero-order valence-corrected chi connectivity index (χ0v) is 10.6. The first-order valence-electron chi connectivity index (χ1n) is 5.43. The topological polar surface area (TPSA) is 52.3 Å². The summed E-state index contributed by atoms with van der Waals surface area (Å²) in [6, 6.07) is 5.97. The van der Waals surface area contributed by atoms with Gasteiger partial charge in [-0.2, -0.15) is 0 Å². The molecule has 0 aliphatic carbocycles. The van der Waals surface area contributed by atoms with Crippen molar-refractivity contribution < 1.29 is 13.9 Å². The molecule has 1 heterocycles. The molecule has 0 radical (unpaired) electrons. The highest BCUT2D eigenvalue weighted by Gasteiger charge is 2.17. The van der Waals surface area contributed by atoms with Crippen molar-refractivity contribution in [3.63, 3.8) is 0 Å². The number of ether oxygens (including phenoxy) is 1. The molecule has 0 aliphatic heterocycles. The van der Waals surface area contributed by atoms with Crippen LogP contribution in [0, 0.1) is 5.82 Å². The molecule has 3 nitrogen and oxygen atoms in total. The van der Waals surface area contributed by atoms with Crippen molar-refractivity contribution >= 4 is 23.0 Å². The summed E-state index contributed by atoms with van der Waals surface area (Å²) in [5.41, 5.74) is 7.80. The molecule has 0 saturated carbocycles. The smallest absolute Gasteiger partial charge is 0.350 e. The molecular weight excluding hydrogens is 253 g/mol. The van der Waals surface area contributed by atoms with Crippen molar-refractivity contribution in [2.24, 2.45) is 0 Å². The Kier molecular flexibility index (Phi) is 3.62. The molecule has 0 spiro atoms. The lowest BCUT2D eigenvalue weighted by Crippen LogP contribution is -2.05. The van der Waals surface area contributed by atoms with Gasteiger partial charge in [0, 0.05) is 10.9 Å². The number of nitrogens with two attached hydrogens (primary N) is 1. The quantitative estimate of drug-likeness (QED) is 0.866. The van der Waals surface area contributed by atoms with Gasteiger partial charge in [0.25, 0.3) is 0 Å². The van der Waals surface area contributed by atoms with E-state index in [0.29, 0.717) is 17.2 Å². The summed E-state index contributed by atoms with van der Waals surface area (Å²) in [5, 5.41) is 1.77. The van der Waals surface area contributed by atoms with Gasteiger partial charge in [-0.05, 0) is 24.6 Å². The highest BCUT2D eigenvalue weighted by molar-refractivity contribution is 7.13. The van der Waals surface area contributed by atoms with E-state index in [-0.39, 0.29) is 5.82 Å². The van der Waals surface area contributed by atoms with Crippen molar-refractivity contribution in [3.8, 4) is 11.1 Å². The second kappa shape index (κ2) is 5.18. The molecular formula is C13H12FNO2S. The van der Waals surface area contributed by atoms with E-state index in [1.165, 1.54) is 23.5 Å². The van der Waals surface area contributed by atoms with Crippen LogP contribution in [0.25, 0.3) is 11.1 Å². The van der Waals surface area contributed by atoms with Gasteiger partial charge in [-0.25, -0.2) is 9.18 Å². The molecule has 5 heteroatoms. The van der Waals surface area contributed by atoms with E-state index in [4.69, 9.17) is 10.5 Å². The molecule has 0 aliphatic rings. The van der Waals surface area contributed by atoms with E-state index >= 15 is 0 Å². The summed E-state index contributed by atoms with van der Waals surface area (Å²) in [6.07, 6.45) is 0. The number of thiophene rings is 1. The van der Waals surface area contributed by atoms with E-state index in [0.717, 1.165) is 11.1 Å². The van der Waals surface area contributed by atoms with Crippen molar-refractivity contribution in [2.45, 2.75) is 6.92 Å². The normalized spacial score (nSPS) is 10.3. The molecule has 2 aromatic rings. The number of esters is 1. The third kappa shape index (κ3) is 2.36. The Morgan fingerprint density at radius 3 is 2.67 bits per heavy atom. The summed E-state index contributed by atoms with van der Waals surface area (Å²) in [6.45, 7) is 2.05. The zero-order chi connectivity index (χ0) is 13.1. The van der Waals surface area contributed by atoms with Crippen LogP contribution < -0.4 is 5.73 Å². The van der Waals surface area contributed by atoms with Gasteiger partial charge in [0.1, 0.15) is 10.7 Å². The molecule has 94 valence electrons. The van der Waals surface area contributed by atoms with E-state index in [2.05, 4.69) is 0 Å². The Hall–Kier alpha value is -1.88. The Morgan fingerprint density at radius 2 is 2.06 bits per heavy atom. The lowest BCUT2D eigenvalue weighted by Gasteiger charge is -2.02. The average molecular weight is 265 g/mol. The van der Waals surface area contributed by atoms with E-state index in [1.807, 2.05) is 0 Å². The van der Waals surface area contributed by atoms with Crippen LogP contribution in [0.15, 0.2) is 29.6 Å². The maximum Gasteiger partial charge on any atom is 0.350 e. The van der Waals surface area contributed by atoms with Crippen molar-refractivity contribution in [1.29, 1.82) is 0 Å². The Balaban J connectivity index is 2.36. The van der Waals surface area contributed by atoms with Gasteiger partial charge in [0.15, 0.2) is 0 Å². The van der Waals surface area contributed by atoms with Crippen molar-refractivity contribution in [1.82, 2.24) is 0 Å². The number of anilines is 1. The van der Waals surface area contributed by atoms with Gasteiger partial charge in [-0.1, -0.05) is 12.1 Å². The zero-order valence-electron chi connectivity index (χ0n) is 9.77. The first-order valence-corrected chi connectivity index (χ1v) is 6.31. The summed E-state index contributed by atoms with van der Waals surface area (Å²) < 4.78 is 17.7. The van der Waals surface area contributed by atoms with Gasteiger partial charge >= 0.3 is 5.97 Å². The predicted octanol–water partition coefficient (Wildman–Crippen LogP) is 3.31. The standard InChI is InChI=1S/C13H12FNO2S/c1-2-17-13(16)12-11(15)10(7-18-12)8-3-5-9(14)6-4-8/h3-7H,2,15H2,1H3. The van der Waals surface area contributed by atoms with E-state index in [1.54, 1.807) is 24.4 Å². The van der Waals surface area contributed by atoms with Gasteiger partial charge in [-0.3, -0.25) is 0 Å². The maximum absolute atomic E-state index is 12.8. The fourth-order valence-corrected chi connectivity index (χ4v) is 2.47. The molecule has 1 aromatic carbocycles. The van der Waals surface area contributed by atoms with Crippen LogP contribution in [0.5, 0.6) is 0 Å². The summed E-state index contributed by atoms with van der Waals surface area (Å²) >= 11 is 1.23. The summed E-state index contributed by atoms with van der Waals surface area (Å²) in [4.78, 5) is 12.0. The largest absolute Gasteiger partial charge is 0.462 e. The number of hydrogen-bond donors (Lipinski definition) is 1. The lowest BCUT2D eigenvalue weighted by atomic mass is 10.1. The summed E-state index contributed by atoms with van der Waals surface area (Å²) in [7, 11) is 0. The molecule has 1 aromatic heterocycles. The molecule has 0 amide bonds. The minimum absolute atomic E-state index is 0.307. The molecule has 2 rings (SSSR count). The minimum atomic E-state index is -0.423. The molecule has 0 unspecified atom stereocenters. The molecule has 0 fully saturated rings. The van der Waals surface area contributed by atoms with Gasteiger partial charge in [0.2, 0.25) is 0 Å². The van der Waals surface area contributed by atoms with Crippen LogP contribution in [0.2, 0.25) is 0 Å². The van der Waals surface area contributed by atoms with E-state index < -0.39 is 5.97 Å². The van der Waals surface area contributed by atoms with Crippen LogP contribution >= 0.6 is 11.3 Å². The van der Waals surface area contributed by atoms with Crippen LogP contribution in [0.3, 0.4) is 0 Å². The maximum atomic E-state index is 12.8. The van der Waals surface area contributed by atoms with Gasteiger partial charge < -0.3 is 10.5 Å². The SMILES string of the molecule is CCOC(=O)c1scc(-c2ccc(F)cc2)c1N. The highest BCUT2D eigenvalue weighted by Crippen LogP contribution is 2.34. The Bertz CT molecular complexity index is 563.